The van der Waals surface area contributed by atoms with E-state index >= 15 is 0 Å². The summed E-state index contributed by atoms with van der Waals surface area (Å²) in [6.45, 7) is 3.57. The molecular weight excluding hydrogens is 386 g/mol. The largest absolute Gasteiger partial charge is 0.339 e. The number of rotatable bonds is 6. The first-order chi connectivity index (χ1) is 15.2. The summed E-state index contributed by atoms with van der Waals surface area (Å²) in [5, 5.41) is 3.27. The fraction of sp³-hybridized carbons (Fsp3) is 0.280. The van der Waals surface area contributed by atoms with E-state index in [1.165, 1.54) is 0 Å². The molecule has 1 saturated heterocycles. The average molecular weight is 414 g/mol. The Morgan fingerprint density at radius 3 is 2.87 bits per heavy atom. The highest BCUT2D eigenvalue weighted by Crippen LogP contribution is 2.22. The van der Waals surface area contributed by atoms with Crippen LogP contribution in [0.15, 0.2) is 67.1 Å². The van der Waals surface area contributed by atoms with Crippen molar-refractivity contribution in [3.8, 4) is 0 Å². The predicted octanol–water partition coefficient (Wildman–Crippen LogP) is 4.42. The highest BCUT2D eigenvalue weighted by molar-refractivity contribution is 5.91. The van der Waals surface area contributed by atoms with Crippen LogP contribution in [0.4, 0.5) is 11.6 Å². The Bertz CT molecular complexity index is 1050. The van der Waals surface area contributed by atoms with Crippen molar-refractivity contribution in [2.75, 3.05) is 18.4 Å². The van der Waals surface area contributed by atoms with Crippen LogP contribution in [0.25, 0.3) is 6.08 Å². The maximum atomic E-state index is 12.7. The smallest absolute Gasteiger partial charge is 0.246 e. The van der Waals surface area contributed by atoms with Crippen LogP contribution in [0.1, 0.15) is 29.7 Å². The standard InChI is InChI=1S/C25H27N5O/c1-19-7-5-13-26-25(19)29-23-16-22(27-18-28-23)15-21-10-6-14-30(17-21)24(31)12-11-20-8-3-2-4-9-20/h2-5,7-9,11-13,16,18,21H,6,10,14-15,17H2,1H3,(H,26,27,28,29)/b12-11+. The Kier molecular flexibility index (Phi) is 6.67. The van der Waals surface area contributed by atoms with Gasteiger partial charge in [0.15, 0.2) is 0 Å². The summed E-state index contributed by atoms with van der Waals surface area (Å²) in [6.07, 6.45) is 9.84. The van der Waals surface area contributed by atoms with E-state index in [1.54, 1.807) is 18.6 Å². The van der Waals surface area contributed by atoms with E-state index in [1.807, 2.05) is 66.4 Å². The third-order valence-corrected chi connectivity index (χ3v) is 5.53. The van der Waals surface area contributed by atoms with E-state index in [4.69, 9.17) is 0 Å². The second kappa shape index (κ2) is 9.98. The monoisotopic (exact) mass is 413 g/mol. The lowest BCUT2D eigenvalue weighted by molar-refractivity contribution is -0.127. The Hall–Kier alpha value is -3.54. The quantitative estimate of drug-likeness (QED) is 0.606. The zero-order valence-electron chi connectivity index (χ0n) is 17.7. The van der Waals surface area contributed by atoms with Gasteiger partial charge in [-0.2, -0.15) is 0 Å². The first kappa shape index (κ1) is 20.7. The molecule has 1 unspecified atom stereocenters. The molecule has 0 saturated carbocycles. The number of anilines is 2. The lowest BCUT2D eigenvalue weighted by atomic mass is 9.93. The molecule has 1 N–H and O–H groups in total. The van der Waals surface area contributed by atoms with Gasteiger partial charge in [0.1, 0.15) is 18.0 Å². The van der Waals surface area contributed by atoms with Crippen LogP contribution in [-0.2, 0) is 11.2 Å². The van der Waals surface area contributed by atoms with Gasteiger partial charge in [-0.05, 0) is 55.4 Å². The van der Waals surface area contributed by atoms with E-state index < -0.39 is 0 Å². The Labute approximate surface area is 183 Å². The van der Waals surface area contributed by atoms with Crippen molar-refractivity contribution in [3.05, 3.63) is 84.0 Å². The molecule has 3 heterocycles. The van der Waals surface area contributed by atoms with Gasteiger partial charge < -0.3 is 10.2 Å². The minimum Gasteiger partial charge on any atom is -0.339 e. The van der Waals surface area contributed by atoms with Crippen molar-refractivity contribution < 1.29 is 4.79 Å². The number of pyridine rings is 1. The average Bonchev–Trinajstić information content (AvgIpc) is 2.80. The number of likely N-dealkylation sites (tertiary alicyclic amines) is 1. The number of aromatic nitrogens is 3. The van der Waals surface area contributed by atoms with Crippen LogP contribution in [0.3, 0.4) is 0 Å². The molecule has 31 heavy (non-hydrogen) atoms. The Morgan fingerprint density at radius 2 is 2.03 bits per heavy atom. The first-order valence-electron chi connectivity index (χ1n) is 10.7. The molecule has 0 radical (unpaired) electrons. The van der Waals surface area contributed by atoms with Crippen LogP contribution < -0.4 is 5.32 Å². The summed E-state index contributed by atoms with van der Waals surface area (Å²) < 4.78 is 0. The first-order valence-corrected chi connectivity index (χ1v) is 10.7. The van der Waals surface area contributed by atoms with Crippen LogP contribution in [0.2, 0.25) is 0 Å². The molecule has 158 valence electrons. The molecule has 3 aromatic rings. The number of amides is 1. The molecule has 0 spiro atoms. The van der Waals surface area contributed by atoms with E-state index in [2.05, 4.69) is 20.3 Å². The topological polar surface area (TPSA) is 71.0 Å². The minimum absolute atomic E-state index is 0.0734. The lowest BCUT2D eigenvalue weighted by Gasteiger charge is -2.32. The SMILES string of the molecule is Cc1cccnc1Nc1cc(CC2CCCN(C(=O)/C=C/c3ccccc3)C2)ncn1. The van der Waals surface area contributed by atoms with Crippen LogP contribution in [0, 0.1) is 12.8 Å². The molecule has 4 rings (SSSR count). The van der Waals surface area contributed by atoms with E-state index in [0.717, 1.165) is 60.8 Å². The third-order valence-electron chi connectivity index (χ3n) is 5.53. The van der Waals surface area contributed by atoms with Crippen molar-refractivity contribution in [1.29, 1.82) is 0 Å². The number of nitrogens with zero attached hydrogens (tertiary/aromatic N) is 4. The fourth-order valence-electron chi connectivity index (χ4n) is 3.88. The van der Waals surface area contributed by atoms with Gasteiger partial charge in [-0.15, -0.1) is 0 Å². The Balaban J connectivity index is 1.36. The number of hydrogen-bond donors (Lipinski definition) is 1. The van der Waals surface area contributed by atoms with Crippen molar-refractivity contribution in [3.63, 3.8) is 0 Å². The third kappa shape index (κ3) is 5.75. The van der Waals surface area contributed by atoms with Crippen LogP contribution in [-0.4, -0.2) is 38.8 Å². The second-order valence-corrected chi connectivity index (χ2v) is 7.93. The predicted molar refractivity (Wildman–Crippen MR) is 123 cm³/mol. The molecule has 1 aliphatic heterocycles. The van der Waals surface area contributed by atoms with Crippen LogP contribution >= 0.6 is 0 Å². The summed E-state index contributed by atoms with van der Waals surface area (Å²) in [7, 11) is 0. The number of carbonyl (C=O) groups is 1. The zero-order valence-corrected chi connectivity index (χ0v) is 17.7. The van der Waals surface area contributed by atoms with E-state index in [9.17, 15) is 4.79 Å². The van der Waals surface area contributed by atoms with Gasteiger partial charge in [0.05, 0.1) is 0 Å². The van der Waals surface area contributed by atoms with Gasteiger partial charge in [-0.1, -0.05) is 36.4 Å². The Morgan fingerprint density at radius 1 is 1.16 bits per heavy atom. The van der Waals surface area contributed by atoms with Gasteiger partial charge in [-0.3, -0.25) is 4.79 Å². The maximum absolute atomic E-state index is 12.7. The van der Waals surface area contributed by atoms with Crippen molar-refractivity contribution in [2.24, 2.45) is 5.92 Å². The molecule has 1 fully saturated rings. The van der Waals surface area contributed by atoms with Gasteiger partial charge in [0, 0.05) is 37.1 Å². The molecule has 1 amide bonds. The molecule has 0 bridgehead atoms. The normalized spacial score (nSPS) is 16.4. The van der Waals surface area contributed by atoms with Gasteiger partial charge in [0.25, 0.3) is 0 Å². The van der Waals surface area contributed by atoms with Crippen molar-refractivity contribution in [2.45, 2.75) is 26.2 Å². The summed E-state index contributed by atoms with van der Waals surface area (Å²) in [4.78, 5) is 27.8. The molecular formula is C25H27N5O. The molecule has 1 atom stereocenters. The summed E-state index contributed by atoms with van der Waals surface area (Å²) in [6, 6.07) is 15.8. The molecule has 0 aliphatic carbocycles. The van der Waals surface area contributed by atoms with E-state index in [-0.39, 0.29) is 5.91 Å². The zero-order chi connectivity index (χ0) is 21.5. The number of nitrogens with one attached hydrogen (secondary N) is 1. The molecule has 6 heteroatoms. The maximum Gasteiger partial charge on any atom is 0.246 e. The molecule has 2 aromatic heterocycles. The highest BCUT2D eigenvalue weighted by atomic mass is 16.2. The van der Waals surface area contributed by atoms with Crippen molar-refractivity contribution in [1.82, 2.24) is 19.9 Å². The minimum atomic E-state index is 0.0734. The summed E-state index contributed by atoms with van der Waals surface area (Å²) in [5.74, 6) is 2.00. The van der Waals surface area contributed by atoms with Crippen LogP contribution in [0.5, 0.6) is 0 Å². The molecule has 1 aromatic carbocycles. The van der Waals surface area contributed by atoms with Crippen molar-refractivity contribution >= 4 is 23.6 Å². The van der Waals surface area contributed by atoms with Gasteiger partial charge >= 0.3 is 0 Å². The summed E-state index contributed by atoms with van der Waals surface area (Å²) in [5.41, 5.74) is 3.08. The van der Waals surface area contributed by atoms with E-state index in [0.29, 0.717) is 5.92 Å². The number of benzene rings is 1. The summed E-state index contributed by atoms with van der Waals surface area (Å²) >= 11 is 0. The highest BCUT2D eigenvalue weighted by Gasteiger charge is 2.23. The number of aryl methyl sites for hydroxylation is 1. The molecule has 1 aliphatic rings. The number of carbonyl (C=O) groups excluding carboxylic acids is 1. The second-order valence-electron chi connectivity index (χ2n) is 7.93. The fourth-order valence-corrected chi connectivity index (χ4v) is 3.88. The number of hydrogen-bond acceptors (Lipinski definition) is 5. The lowest BCUT2D eigenvalue weighted by Crippen LogP contribution is -2.39. The van der Waals surface area contributed by atoms with Gasteiger partial charge in [-0.25, -0.2) is 15.0 Å². The molecule has 6 nitrogen and oxygen atoms in total. The van der Waals surface area contributed by atoms with Gasteiger partial charge in [0.2, 0.25) is 5.91 Å². The number of piperidine rings is 1.